The third-order valence-corrected chi connectivity index (χ3v) is 6.60. The van der Waals surface area contributed by atoms with Crippen molar-refractivity contribution >= 4 is 46.6 Å². The predicted octanol–water partition coefficient (Wildman–Crippen LogP) is 4.47. The monoisotopic (exact) mass is 537 g/mol. The Kier molecular flexibility index (Phi) is 7.03. The van der Waals surface area contributed by atoms with Crippen LogP contribution in [0.5, 0.6) is 11.5 Å². The number of nitrogens with zero attached hydrogens (tertiary/aromatic N) is 1. The van der Waals surface area contributed by atoms with Gasteiger partial charge < -0.3 is 20.1 Å². The molecular weight excluding hydrogens is 517 g/mol. The van der Waals surface area contributed by atoms with E-state index in [1.54, 1.807) is 66.7 Å². The Hall–Kier alpha value is -4.01. The zero-order valence-corrected chi connectivity index (χ0v) is 20.9. The molecule has 0 bridgehead atoms. The van der Waals surface area contributed by atoms with Crippen molar-refractivity contribution in [2.24, 2.45) is 0 Å². The van der Waals surface area contributed by atoms with Crippen molar-refractivity contribution in [3.8, 4) is 11.5 Å². The molecule has 0 aliphatic carbocycles. The van der Waals surface area contributed by atoms with Crippen molar-refractivity contribution in [1.82, 2.24) is 10.2 Å². The number of fused-ring (bicyclic) bond motifs is 1. The molecule has 0 aromatic heterocycles. The average molecular weight is 538 g/mol. The normalized spacial score (nSPS) is 14.7. The summed E-state index contributed by atoms with van der Waals surface area (Å²) in [7, 11) is 0. The van der Waals surface area contributed by atoms with E-state index < -0.39 is 11.8 Å². The van der Waals surface area contributed by atoms with E-state index in [4.69, 9.17) is 32.7 Å². The maximum Gasteiger partial charge on any atom is 0.278 e. The summed E-state index contributed by atoms with van der Waals surface area (Å²) in [4.78, 5) is 39.2. The van der Waals surface area contributed by atoms with Crippen LogP contribution < -0.4 is 20.1 Å². The molecule has 2 aliphatic heterocycles. The van der Waals surface area contributed by atoms with Gasteiger partial charge in [0.1, 0.15) is 23.9 Å². The quantitative estimate of drug-likeness (QED) is 0.431. The van der Waals surface area contributed by atoms with Gasteiger partial charge in [-0.05, 0) is 41.5 Å². The van der Waals surface area contributed by atoms with E-state index in [0.717, 1.165) is 10.5 Å². The Bertz CT molecular complexity index is 1420. The van der Waals surface area contributed by atoms with Gasteiger partial charge in [-0.3, -0.25) is 19.3 Å². The molecule has 10 heteroatoms. The number of imide groups is 1. The summed E-state index contributed by atoms with van der Waals surface area (Å²) in [6, 6.07) is 19.1. The lowest BCUT2D eigenvalue weighted by molar-refractivity contribution is -0.138. The topological polar surface area (TPSA) is 97.0 Å². The van der Waals surface area contributed by atoms with E-state index in [-0.39, 0.29) is 29.7 Å². The number of carbonyl (C=O) groups excluding carboxylic acids is 3. The van der Waals surface area contributed by atoms with Gasteiger partial charge in [-0.2, -0.15) is 0 Å². The summed E-state index contributed by atoms with van der Waals surface area (Å²) >= 11 is 12.4. The molecule has 5 rings (SSSR count). The molecule has 8 nitrogen and oxygen atoms in total. The van der Waals surface area contributed by atoms with Crippen LogP contribution in [0.1, 0.15) is 21.5 Å². The standard InChI is InChI=1S/C27H21Cl2N3O5/c28-20-4-2-1-3-18(20)15-32-26(34)23(29)24(27(32)35)30-14-16-5-7-17(8-6-16)25(33)31-19-9-10-21-22(13-19)37-12-11-36-21/h1-10,13,30H,11-12,14-15H2,(H,31,33). The Morgan fingerprint density at radius 3 is 2.38 bits per heavy atom. The Balaban J connectivity index is 1.19. The van der Waals surface area contributed by atoms with Crippen LogP contribution in [0.3, 0.4) is 0 Å². The number of benzene rings is 3. The van der Waals surface area contributed by atoms with Crippen LogP contribution in [0, 0.1) is 0 Å². The number of ether oxygens (including phenoxy) is 2. The molecule has 0 saturated heterocycles. The van der Waals surface area contributed by atoms with Gasteiger partial charge >= 0.3 is 0 Å². The van der Waals surface area contributed by atoms with Gasteiger partial charge in [-0.1, -0.05) is 53.5 Å². The smallest absolute Gasteiger partial charge is 0.278 e. The van der Waals surface area contributed by atoms with Gasteiger partial charge in [0.15, 0.2) is 11.5 Å². The number of hydrogen-bond acceptors (Lipinski definition) is 6. The van der Waals surface area contributed by atoms with Gasteiger partial charge in [-0.25, -0.2) is 0 Å². The largest absolute Gasteiger partial charge is 0.486 e. The Labute approximate surface area is 222 Å². The zero-order chi connectivity index (χ0) is 25.9. The summed E-state index contributed by atoms with van der Waals surface area (Å²) in [5, 5.41) is 6.07. The maximum atomic E-state index is 12.9. The molecule has 2 heterocycles. The lowest BCUT2D eigenvalue weighted by Crippen LogP contribution is -2.33. The first-order chi connectivity index (χ1) is 17.9. The molecule has 0 unspecified atom stereocenters. The van der Waals surface area contributed by atoms with Crippen LogP contribution in [0.15, 0.2) is 77.5 Å². The first-order valence-electron chi connectivity index (χ1n) is 11.4. The highest BCUT2D eigenvalue weighted by molar-refractivity contribution is 6.47. The number of carbonyl (C=O) groups is 3. The molecule has 0 fully saturated rings. The van der Waals surface area contributed by atoms with E-state index in [9.17, 15) is 14.4 Å². The van der Waals surface area contributed by atoms with Crippen LogP contribution in [0.25, 0.3) is 0 Å². The third kappa shape index (κ3) is 5.26. The first kappa shape index (κ1) is 24.7. The first-order valence-corrected chi connectivity index (χ1v) is 12.2. The number of nitrogens with one attached hydrogen (secondary N) is 2. The predicted molar refractivity (Wildman–Crippen MR) is 139 cm³/mol. The molecule has 188 valence electrons. The maximum absolute atomic E-state index is 12.9. The molecule has 0 radical (unpaired) electrons. The van der Waals surface area contributed by atoms with Crippen molar-refractivity contribution < 1.29 is 23.9 Å². The summed E-state index contributed by atoms with van der Waals surface area (Å²) in [6.45, 7) is 1.20. The number of rotatable bonds is 7. The fourth-order valence-electron chi connectivity index (χ4n) is 3.93. The van der Waals surface area contributed by atoms with E-state index in [1.165, 1.54) is 0 Å². The van der Waals surface area contributed by atoms with Crippen LogP contribution in [-0.4, -0.2) is 35.8 Å². The van der Waals surface area contributed by atoms with Crippen LogP contribution in [-0.2, 0) is 22.7 Å². The average Bonchev–Trinajstić information content (AvgIpc) is 3.11. The molecular formula is C27H21Cl2N3O5. The molecule has 2 N–H and O–H groups in total. The molecule has 0 saturated carbocycles. The second kappa shape index (κ2) is 10.5. The molecule has 0 atom stereocenters. The van der Waals surface area contributed by atoms with Crippen LogP contribution in [0.2, 0.25) is 5.02 Å². The van der Waals surface area contributed by atoms with Crippen LogP contribution >= 0.6 is 23.2 Å². The minimum atomic E-state index is -0.583. The van der Waals surface area contributed by atoms with Gasteiger partial charge in [0.25, 0.3) is 17.7 Å². The van der Waals surface area contributed by atoms with Crippen molar-refractivity contribution in [2.75, 3.05) is 18.5 Å². The highest BCUT2D eigenvalue weighted by Gasteiger charge is 2.37. The van der Waals surface area contributed by atoms with Crippen LogP contribution in [0.4, 0.5) is 5.69 Å². The molecule has 3 aromatic rings. The lowest BCUT2D eigenvalue weighted by Gasteiger charge is -2.19. The highest BCUT2D eigenvalue weighted by Crippen LogP contribution is 2.33. The van der Waals surface area contributed by atoms with E-state index >= 15 is 0 Å². The van der Waals surface area contributed by atoms with Crippen molar-refractivity contribution in [1.29, 1.82) is 0 Å². The molecule has 37 heavy (non-hydrogen) atoms. The van der Waals surface area contributed by atoms with Crippen molar-refractivity contribution in [2.45, 2.75) is 13.1 Å². The lowest BCUT2D eigenvalue weighted by atomic mass is 10.1. The van der Waals surface area contributed by atoms with Gasteiger partial charge in [0.05, 0.1) is 6.54 Å². The van der Waals surface area contributed by atoms with Crippen molar-refractivity contribution in [3.63, 3.8) is 0 Å². The molecule has 3 aromatic carbocycles. The van der Waals surface area contributed by atoms with E-state index in [1.807, 2.05) is 0 Å². The molecule has 2 aliphatic rings. The molecule has 0 spiro atoms. The molecule has 3 amide bonds. The number of hydrogen-bond donors (Lipinski definition) is 2. The number of anilines is 1. The second-order valence-corrected chi connectivity index (χ2v) is 9.13. The van der Waals surface area contributed by atoms with E-state index in [2.05, 4.69) is 10.6 Å². The Morgan fingerprint density at radius 2 is 1.62 bits per heavy atom. The summed E-state index contributed by atoms with van der Waals surface area (Å²) in [5.41, 5.74) is 2.50. The minimum absolute atomic E-state index is 0.0198. The third-order valence-electron chi connectivity index (χ3n) is 5.88. The SMILES string of the molecule is O=C(Nc1ccc2c(c1)OCCO2)c1ccc(CNC2=C(Cl)C(=O)N(Cc3ccccc3Cl)C2=O)cc1. The summed E-state index contributed by atoms with van der Waals surface area (Å²) in [6.07, 6.45) is 0. The second-order valence-electron chi connectivity index (χ2n) is 8.34. The van der Waals surface area contributed by atoms with Gasteiger partial charge in [0.2, 0.25) is 0 Å². The summed E-state index contributed by atoms with van der Waals surface area (Å²) in [5.74, 6) is -0.158. The fourth-order valence-corrected chi connectivity index (χ4v) is 4.37. The van der Waals surface area contributed by atoms with Gasteiger partial charge in [-0.15, -0.1) is 0 Å². The highest BCUT2D eigenvalue weighted by atomic mass is 35.5. The van der Waals surface area contributed by atoms with Gasteiger partial charge in [0, 0.05) is 28.9 Å². The number of halogens is 2. The Morgan fingerprint density at radius 1 is 0.892 bits per heavy atom. The fraction of sp³-hybridized carbons (Fsp3) is 0.148. The van der Waals surface area contributed by atoms with Crippen molar-refractivity contribution in [3.05, 3.63) is 99.2 Å². The minimum Gasteiger partial charge on any atom is -0.486 e. The number of amides is 3. The zero-order valence-electron chi connectivity index (χ0n) is 19.4. The summed E-state index contributed by atoms with van der Waals surface area (Å²) < 4.78 is 11.0. The van der Waals surface area contributed by atoms with E-state index in [0.29, 0.717) is 46.5 Å².